The van der Waals surface area contributed by atoms with Crippen molar-refractivity contribution < 1.29 is 9.90 Å². The van der Waals surface area contributed by atoms with E-state index < -0.39 is 5.97 Å². The first-order valence-corrected chi connectivity index (χ1v) is 12.1. The molecule has 1 aliphatic heterocycles. The number of anilines is 1. The highest BCUT2D eigenvalue weighted by molar-refractivity contribution is 5.68. The molecule has 0 saturated carbocycles. The summed E-state index contributed by atoms with van der Waals surface area (Å²) in [7, 11) is 0. The smallest absolute Gasteiger partial charge is 0.305 e. The molecule has 0 radical (unpaired) electrons. The van der Waals surface area contributed by atoms with Crippen LogP contribution in [0.15, 0.2) is 41.6 Å². The van der Waals surface area contributed by atoms with E-state index in [1.165, 1.54) is 6.42 Å². The fraction of sp³-hybridized carbons (Fsp3) is 0.577. The highest BCUT2D eigenvalue weighted by atomic mass is 16.4. The number of nitrogens with zero attached hydrogens (tertiary/aromatic N) is 3. The van der Waals surface area contributed by atoms with Crippen molar-refractivity contribution in [1.82, 2.24) is 14.9 Å². The molecule has 2 aromatic rings. The van der Waals surface area contributed by atoms with Gasteiger partial charge in [-0.1, -0.05) is 13.8 Å². The standard InChI is InChI=1S/C26H38N4O3/c1-18(2)11-22(30-10-8-19(3)12-25(30)31)17-28-24(14-26(32)33)21-13-23(16-27-15-21)29-9-6-5-7-20(29)4/h8,10,12-13,15-16,18,20,22,24,28H,5-7,9,11,14,17H2,1-4H3,(H,32,33)/t20-,22-,24-/m0/s1. The van der Waals surface area contributed by atoms with E-state index in [4.69, 9.17) is 0 Å². The van der Waals surface area contributed by atoms with Crippen LogP contribution in [0.2, 0.25) is 0 Å². The highest BCUT2D eigenvalue weighted by Crippen LogP contribution is 2.27. The van der Waals surface area contributed by atoms with E-state index in [1.807, 2.05) is 25.4 Å². The van der Waals surface area contributed by atoms with Crippen molar-refractivity contribution in [3.63, 3.8) is 0 Å². The van der Waals surface area contributed by atoms with Crippen LogP contribution in [0.5, 0.6) is 0 Å². The quantitative estimate of drug-likeness (QED) is 0.556. The van der Waals surface area contributed by atoms with E-state index in [1.54, 1.807) is 16.8 Å². The summed E-state index contributed by atoms with van der Waals surface area (Å²) in [5, 5.41) is 13.0. The summed E-state index contributed by atoms with van der Waals surface area (Å²) in [6, 6.07) is 5.67. The van der Waals surface area contributed by atoms with Crippen molar-refractivity contribution in [3.8, 4) is 0 Å². The molecular weight excluding hydrogens is 416 g/mol. The maximum atomic E-state index is 12.6. The number of aryl methyl sites for hydroxylation is 1. The van der Waals surface area contributed by atoms with Crippen LogP contribution in [0, 0.1) is 12.8 Å². The van der Waals surface area contributed by atoms with Gasteiger partial charge in [0.2, 0.25) is 0 Å². The van der Waals surface area contributed by atoms with E-state index in [0.717, 1.165) is 42.6 Å². The Morgan fingerprint density at radius 2 is 2.06 bits per heavy atom. The van der Waals surface area contributed by atoms with E-state index in [9.17, 15) is 14.7 Å². The van der Waals surface area contributed by atoms with E-state index in [-0.39, 0.29) is 24.1 Å². The number of hydrogen-bond acceptors (Lipinski definition) is 5. The van der Waals surface area contributed by atoms with Crippen molar-refractivity contribution >= 4 is 11.7 Å². The van der Waals surface area contributed by atoms with Crippen molar-refractivity contribution in [1.29, 1.82) is 0 Å². The lowest BCUT2D eigenvalue weighted by Crippen LogP contribution is -2.38. The minimum absolute atomic E-state index is 0.0278. The Bertz CT molecular complexity index is 987. The first kappa shape index (κ1) is 25.0. The van der Waals surface area contributed by atoms with Crippen molar-refractivity contribution in [3.05, 3.63) is 58.3 Å². The largest absolute Gasteiger partial charge is 0.481 e. The third-order valence-electron chi connectivity index (χ3n) is 6.50. The summed E-state index contributed by atoms with van der Waals surface area (Å²) in [5.74, 6) is -0.467. The number of carboxylic acids is 1. The Kier molecular flexibility index (Phi) is 8.67. The molecule has 1 fully saturated rings. The molecule has 2 N–H and O–H groups in total. The lowest BCUT2D eigenvalue weighted by Gasteiger charge is -2.35. The average molecular weight is 455 g/mol. The second-order valence-corrected chi connectivity index (χ2v) is 9.81. The third kappa shape index (κ3) is 6.90. The number of carboxylic acid groups (broad SMARTS) is 1. The lowest BCUT2D eigenvalue weighted by molar-refractivity contribution is -0.137. The second kappa shape index (κ2) is 11.5. The highest BCUT2D eigenvalue weighted by Gasteiger charge is 2.23. The molecule has 7 nitrogen and oxygen atoms in total. The SMILES string of the molecule is Cc1ccn([C@H](CN[C@@H](CC(=O)O)c2cncc(N3CCCC[C@@H]3C)c2)CC(C)C)c(=O)c1. The minimum Gasteiger partial charge on any atom is -0.481 e. The second-order valence-electron chi connectivity index (χ2n) is 9.81. The number of pyridine rings is 2. The van der Waals surface area contributed by atoms with E-state index in [0.29, 0.717) is 18.5 Å². The molecular formula is C26H38N4O3. The molecule has 2 aromatic heterocycles. The zero-order valence-corrected chi connectivity index (χ0v) is 20.3. The topological polar surface area (TPSA) is 87.5 Å². The van der Waals surface area contributed by atoms with Gasteiger partial charge < -0.3 is 19.9 Å². The Hall–Kier alpha value is -2.67. The van der Waals surface area contributed by atoms with Crippen molar-refractivity contribution in [2.75, 3.05) is 18.0 Å². The van der Waals surface area contributed by atoms with Gasteiger partial charge in [-0.15, -0.1) is 0 Å². The Labute approximate surface area is 196 Å². The van der Waals surface area contributed by atoms with E-state index >= 15 is 0 Å². The van der Waals surface area contributed by atoms with Gasteiger partial charge in [-0.25, -0.2) is 0 Å². The fourth-order valence-electron chi connectivity index (χ4n) is 4.76. The molecule has 0 aromatic carbocycles. The van der Waals surface area contributed by atoms with Gasteiger partial charge in [-0.05, 0) is 68.7 Å². The fourth-order valence-corrected chi connectivity index (χ4v) is 4.76. The average Bonchev–Trinajstić information content (AvgIpc) is 2.76. The number of piperidine rings is 1. The van der Waals surface area contributed by atoms with Crippen molar-refractivity contribution in [2.24, 2.45) is 5.92 Å². The van der Waals surface area contributed by atoms with Gasteiger partial charge in [-0.2, -0.15) is 0 Å². The predicted molar refractivity (Wildman–Crippen MR) is 132 cm³/mol. The Balaban J connectivity index is 1.83. The van der Waals surface area contributed by atoms with E-state index in [2.05, 4.69) is 42.0 Å². The molecule has 180 valence electrons. The van der Waals surface area contributed by atoms with Gasteiger partial charge in [0, 0.05) is 49.7 Å². The van der Waals surface area contributed by atoms with Gasteiger partial charge in [0.1, 0.15) is 0 Å². The van der Waals surface area contributed by atoms with Crippen molar-refractivity contribution in [2.45, 2.75) is 77.9 Å². The van der Waals surface area contributed by atoms with Gasteiger partial charge in [-0.3, -0.25) is 14.6 Å². The first-order chi connectivity index (χ1) is 15.7. The van der Waals surface area contributed by atoms with Gasteiger partial charge in [0.05, 0.1) is 18.3 Å². The summed E-state index contributed by atoms with van der Waals surface area (Å²) in [4.78, 5) is 31.1. The molecule has 7 heteroatoms. The van der Waals surface area contributed by atoms with Crippen LogP contribution in [0.1, 0.15) is 76.1 Å². The molecule has 33 heavy (non-hydrogen) atoms. The predicted octanol–water partition coefficient (Wildman–Crippen LogP) is 4.32. The zero-order valence-electron chi connectivity index (χ0n) is 20.3. The Morgan fingerprint density at radius 3 is 2.73 bits per heavy atom. The minimum atomic E-state index is -0.864. The maximum Gasteiger partial charge on any atom is 0.305 e. The zero-order chi connectivity index (χ0) is 24.0. The van der Waals surface area contributed by atoms with Crippen LogP contribution in [0.25, 0.3) is 0 Å². The summed E-state index contributed by atoms with van der Waals surface area (Å²) >= 11 is 0. The monoisotopic (exact) mass is 454 g/mol. The van der Waals surface area contributed by atoms with Crippen LogP contribution in [0.4, 0.5) is 5.69 Å². The summed E-state index contributed by atoms with van der Waals surface area (Å²) in [6.45, 7) is 9.91. The molecule has 0 spiro atoms. The molecule has 0 unspecified atom stereocenters. The first-order valence-electron chi connectivity index (χ1n) is 12.1. The molecule has 0 amide bonds. The van der Waals surface area contributed by atoms with Gasteiger partial charge in [0.15, 0.2) is 0 Å². The normalized spacial score (nSPS) is 18.3. The van der Waals surface area contributed by atoms with Crippen LogP contribution in [-0.4, -0.2) is 39.8 Å². The number of nitrogens with one attached hydrogen (secondary N) is 1. The van der Waals surface area contributed by atoms with Crippen LogP contribution in [0.3, 0.4) is 0 Å². The molecule has 1 aliphatic rings. The summed E-state index contributed by atoms with van der Waals surface area (Å²) < 4.78 is 1.77. The Morgan fingerprint density at radius 1 is 1.27 bits per heavy atom. The van der Waals surface area contributed by atoms with Gasteiger partial charge >= 0.3 is 5.97 Å². The lowest BCUT2D eigenvalue weighted by atomic mass is 10.00. The number of aromatic nitrogens is 2. The molecule has 3 heterocycles. The summed E-state index contributed by atoms with van der Waals surface area (Å²) in [6.07, 6.45) is 9.81. The molecule has 0 aliphatic carbocycles. The molecule has 3 atom stereocenters. The number of carbonyl (C=O) groups is 1. The van der Waals surface area contributed by atoms with Gasteiger partial charge in [0.25, 0.3) is 5.56 Å². The molecule has 3 rings (SSSR count). The molecule has 1 saturated heterocycles. The maximum absolute atomic E-state index is 12.6. The summed E-state index contributed by atoms with van der Waals surface area (Å²) in [5.41, 5.74) is 2.82. The number of hydrogen-bond donors (Lipinski definition) is 2. The van der Waals surface area contributed by atoms with Crippen LogP contribution >= 0.6 is 0 Å². The molecule has 0 bridgehead atoms. The third-order valence-corrected chi connectivity index (χ3v) is 6.50. The number of aliphatic carboxylic acids is 1. The van der Waals surface area contributed by atoms with Crippen LogP contribution in [-0.2, 0) is 4.79 Å². The number of rotatable bonds is 10. The van der Waals surface area contributed by atoms with Crippen LogP contribution < -0.4 is 15.8 Å².